The fourth-order valence-corrected chi connectivity index (χ4v) is 2.28. The molecule has 2 aromatic carbocycles. The van der Waals surface area contributed by atoms with Crippen molar-refractivity contribution >= 4 is 24.1 Å². The van der Waals surface area contributed by atoms with E-state index < -0.39 is 0 Å². The van der Waals surface area contributed by atoms with Crippen molar-refractivity contribution in [1.82, 2.24) is 0 Å². The van der Waals surface area contributed by atoms with Gasteiger partial charge in [0.25, 0.3) is 0 Å². The minimum absolute atomic E-state index is 0.351. The molecule has 140 valence electrons. The molecular weight excluding hydrogens is 340 g/mol. The highest BCUT2D eigenvalue weighted by atomic mass is 16.5. The van der Waals surface area contributed by atoms with E-state index in [9.17, 15) is 9.59 Å². The summed E-state index contributed by atoms with van der Waals surface area (Å²) >= 11 is 0. The lowest BCUT2D eigenvalue weighted by Crippen LogP contribution is -2.04. The van der Waals surface area contributed by atoms with E-state index in [-0.39, 0.29) is 11.9 Å². The Hall–Kier alpha value is -3.14. The molecule has 0 saturated carbocycles. The first-order chi connectivity index (χ1) is 13.2. The summed E-state index contributed by atoms with van der Waals surface area (Å²) in [7, 11) is 0. The van der Waals surface area contributed by atoms with Crippen LogP contribution in [-0.4, -0.2) is 25.2 Å². The zero-order valence-electron chi connectivity index (χ0n) is 15.3. The third-order valence-corrected chi connectivity index (χ3v) is 3.70. The molecule has 0 bridgehead atoms. The van der Waals surface area contributed by atoms with Gasteiger partial charge < -0.3 is 9.47 Å². The summed E-state index contributed by atoms with van der Waals surface area (Å²) in [4.78, 5) is 23.2. The van der Waals surface area contributed by atoms with Crippen LogP contribution < -0.4 is 0 Å². The molecule has 27 heavy (non-hydrogen) atoms. The van der Waals surface area contributed by atoms with Crippen LogP contribution in [0, 0.1) is 0 Å². The maximum atomic E-state index is 11.6. The van der Waals surface area contributed by atoms with E-state index in [4.69, 9.17) is 9.47 Å². The van der Waals surface area contributed by atoms with Gasteiger partial charge in [0, 0.05) is 12.2 Å². The highest BCUT2D eigenvalue weighted by molar-refractivity contribution is 5.87. The summed E-state index contributed by atoms with van der Waals surface area (Å²) in [5.41, 5.74) is 1.91. The quantitative estimate of drug-likeness (QED) is 0.349. The van der Waals surface area contributed by atoms with Crippen LogP contribution in [0.5, 0.6) is 0 Å². The van der Waals surface area contributed by atoms with Gasteiger partial charge in [-0.1, -0.05) is 60.7 Å². The molecule has 0 N–H and O–H groups in total. The van der Waals surface area contributed by atoms with E-state index in [2.05, 4.69) is 0 Å². The Labute approximate surface area is 160 Å². The van der Waals surface area contributed by atoms with E-state index in [1.54, 1.807) is 12.2 Å². The SMILES string of the molecule is O=C(/C=C/c1ccccc1)OCCCCCOC(=O)/C=C/c1ccccc1. The van der Waals surface area contributed by atoms with Gasteiger partial charge in [0.2, 0.25) is 0 Å². The predicted molar refractivity (Wildman–Crippen MR) is 107 cm³/mol. The van der Waals surface area contributed by atoms with Crippen LogP contribution in [0.1, 0.15) is 30.4 Å². The van der Waals surface area contributed by atoms with Crippen LogP contribution in [0.2, 0.25) is 0 Å². The minimum Gasteiger partial charge on any atom is -0.463 e. The molecule has 0 spiro atoms. The number of unbranched alkanes of at least 4 members (excludes halogenated alkanes) is 2. The Morgan fingerprint density at radius 3 is 1.44 bits per heavy atom. The molecule has 0 atom stereocenters. The van der Waals surface area contributed by atoms with Crippen LogP contribution in [0.4, 0.5) is 0 Å². The van der Waals surface area contributed by atoms with Crippen LogP contribution in [0.3, 0.4) is 0 Å². The number of carbonyl (C=O) groups is 2. The molecule has 0 aliphatic carbocycles. The van der Waals surface area contributed by atoms with Crippen molar-refractivity contribution in [3.63, 3.8) is 0 Å². The first-order valence-corrected chi connectivity index (χ1v) is 9.04. The lowest BCUT2D eigenvalue weighted by Gasteiger charge is -2.03. The lowest BCUT2D eigenvalue weighted by atomic mass is 10.2. The van der Waals surface area contributed by atoms with Crippen LogP contribution in [-0.2, 0) is 19.1 Å². The number of benzene rings is 2. The summed E-state index contributed by atoms with van der Waals surface area (Å²) in [6.07, 6.45) is 8.61. The van der Waals surface area contributed by atoms with E-state index in [1.807, 2.05) is 60.7 Å². The van der Waals surface area contributed by atoms with Gasteiger partial charge in [-0.15, -0.1) is 0 Å². The van der Waals surface area contributed by atoms with Crippen molar-refractivity contribution < 1.29 is 19.1 Å². The molecule has 0 saturated heterocycles. The second kappa shape index (κ2) is 12.3. The number of esters is 2. The Balaban J connectivity index is 1.49. The molecule has 4 nitrogen and oxygen atoms in total. The van der Waals surface area contributed by atoms with Gasteiger partial charge in [-0.25, -0.2) is 9.59 Å². The summed E-state index contributed by atoms with van der Waals surface area (Å²) in [5, 5.41) is 0. The normalized spacial score (nSPS) is 11.0. The number of rotatable bonds is 10. The second-order valence-corrected chi connectivity index (χ2v) is 5.88. The molecule has 2 aromatic rings. The molecule has 0 aliphatic heterocycles. The van der Waals surface area contributed by atoms with Crippen LogP contribution in [0.15, 0.2) is 72.8 Å². The summed E-state index contributed by atoms with van der Waals surface area (Å²) in [6, 6.07) is 19.2. The summed E-state index contributed by atoms with van der Waals surface area (Å²) < 4.78 is 10.3. The summed E-state index contributed by atoms with van der Waals surface area (Å²) in [5.74, 6) is -0.701. The van der Waals surface area contributed by atoms with Gasteiger partial charge in [0.1, 0.15) is 0 Å². The van der Waals surface area contributed by atoms with Crippen molar-refractivity contribution in [2.75, 3.05) is 13.2 Å². The van der Waals surface area contributed by atoms with E-state index in [1.165, 1.54) is 12.2 Å². The first kappa shape index (κ1) is 20.2. The standard InChI is InChI=1S/C23H24O4/c24-22(16-14-20-10-4-1-5-11-20)26-18-8-3-9-19-27-23(25)17-15-21-12-6-2-7-13-21/h1-2,4-7,10-17H,3,8-9,18-19H2/b16-14+,17-15+. The lowest BCUT2D eigenvalue weighted by molar-refractivity contribution is -0.138. The van der Waals surface area contributed by atoms with Crippen LogP contribution >= 0.6 is 0 Å². The fourth-order valence-electron chi connectivity index (χ4n) is 2.28. The first-order valence-electron chi connectivity index (χ1n) is 9.04. The zero-order valence-corrected chi connectivity index (χ0v) is 15.3. The average molecular weight is 364 g/mol. The minimum atomic E-state index is -0.351. The van der Waals surface area contributed by atoms with Gasteiger partial charge in [-0.3, -0.25) is 0 Å². The number of hydrogen-bond donors (Lipinski definition) is 0. The van der Waals surface area contributed by atoms with E-state index in [0.29, 0.717) is 13.2 Å². The topological polar surface area (TPSA) is 52.6 Å². The predicted octanol–water partition coefficient (Wildman–Crippen LogP) is 4.67. The molecule has 0 unspecified atom stereocenters. The Morgan fingerprint density at radius 1 is 0.630 bits per heavy atom. The van der Waals surface area contributed by atoms with Crippen molar-refractivity contribution in [3.8, 4) is 0 Å². The Kier molecular flexibility index (Phi) is 9.15. The smallest absolute Gasteiger partial charge is 0.330 e. The van der Waals surface area contributed by atoms with Gasteiger partial charge in [-0.2, -0.15) is 0 Å². The highest BCUT2D eigenvalue weighted by Crippen LogP contribution is 2.03. The van der Waals surface area contributed by atoms with Gasteiger partial charge in [0.05, 0.1) is 13.2 Å². The number of carbonyl (C=O) groups excluding carboxylic acids is 2. The largest absolute Gasteiger partial charge is 0.463 e. The molecule has 2 rings (SSSR count). The average Bonchev–Trinajstić information content (AvgIpc) is 2.71. The highest BCUT2D eigenvalue weighted by Gasteiger charge is 1.99. The van der Waals surface area contributed by atoms with Crippen molar-refractivity contribution in [2.24, 2.45) is 0 Å². The summed E-state index contributed by atoms with van der Waals surface area (Å²) in [6.45, 7) is 0.722. The van der Waals surface area contributed by atoms with Crippen molar-refractivity contribution in [3.05, 3.63) is 83.9 Å². The second-order valence-electron chi connectivity index (χ2n) is 5.88. The van der Waals surface area contributed by atoms with Crippen molar-refractivity contribution in [2.45, 2.75) is 19.3 Å². The van der Waals surface area contributed by atoms with Gasteiger partial charge in [-0.05, 0) is 42.5 Å². The Bertz CT molecular complexity index is 683. The monoisotopic (exact) mass is 364 g/mol. The van der Waals surface area contributed by atoms with Gasteiger partial charge >= 0.3 is 11.9 Å². The third kappa shape index (κ3) is 9.21. The van der Waals surface area contributed by atoms with Crippen molar-refractivity contribution in [1.29, 1.82) is 0 Å². The maximum absolute atomic E-state index is 11.6. The Morgan fingerprint density at radius 2 is 1.04 bits per heavy atom. The molecule has 4 heteroatoms. The molecule has 0 fully saturated rings. The van der Waals surface area contributed by atoms with E-state index >= 15 is 0 Å². The fraction of sp³-hybridized carbons (Fsp3) is 0.217. The van der Waals surface area contributed by atoms with Crippen LogP contribution in [0.25, 0.3) is 12.2 Å². The molecule has 0 radical (unpaired) electrons. The molecular formula is C23H24O4. The number of hydrogen-bond acceptors (Lipinski definition) is 4. The zero-order chi connectivity index (χ0) is 19.2. The maximum Gasteiger partial charge on any atom is 0.330 e. The molecule has 0 aliphatic rings. The van der Waals surface area contributed by atoms with E-state index in [0.717, 1.165) is 30.4 Å². The molecule has 0 amide bonds. The molecule has 0 aromatic heterocycles. The molecule has 0 heterocycles. The van der Waals surface area contributed by atoms with Gasteiger partial charge in [0.15, 0.2) is 0 Å². The third-order valence-electron chi connectivity index (χ3n) is 3.70. The number of ether oxygens (including phenoxy) is 2.